The van der Waals surface area contributed by atoms with E-state index in [1.54, 1.807) is 0 Å². The lowest BCUT2D eigenvalue weighted by Gasteiger charge is -1.95. The Morgan fingerprint density at radius 2 is 2.38 bits per heavy atom. The van der Waals surface area contributed by atoms with Crippen molar-refractivity contribution in [1.82, 2.24) is 20.3 Å². The average Bonchev–Trinajstić information content (AvgIpc) is 2.83. The maximum Gasteiger partial charge on any atom is 0.262 e. The van der Waals surface area contributed by atoms with E-state index in [1.165, 1.54) is 6.20 Å². The zero-order valence-corrected chi connectivity index (χ0v) is 9.06. The molecule has 0 aliphatic carbocycles. The number of nitrogens with one attached hydrogen (secondary N) is 1. The van der Waals surface area contributed by atoms with E-state index < -0.39 is 0 Å². The Labute approximate surface area is 92.3 Å². The van der Waals surface area contributed by atoms with Crippen LogP contribution in [0.4, 0.5) is 0 Å². The van der Waals surface area contributed by atoms with Crippen LogP contribution in [0.1, 0.15) is 25.4 Å². The molecule has 2 heterocycles. The van der Waals surface area contributed by atoms with Gasteiger partial charge in [-0.3, -0.25) is 5.10 Å². The molecule has 16 heavy (non-hydrogen) atoms. The number of aromatic amines is 1. The predicted molar refractivity (Wildman–Crippen MR) is 55.1 cm³/mol. The van der Waals surface area contributed by atoms with Crippen molar-refractivity contribution in [2.75, 3.05) is 0 Å². The minimum atomic E-state index is 0.333. The number of nitrogens with zero attached hydrogens (tertiary/aromatic N) is 4. The Hall–Kier alpha value is -2.16. The van der Waals surface area contributed by atoms with Crippen LogP contribution in [0.3, 0.4) is 0 Å². The van der Waals surface area contributed by atoms with Crippen LogP contribution in [0, 0.1) is 17.2 Å². The van der Waals surface area contributed by atoms with Gasteiger partial charge in [-0.1, -0.05) is 19.0 Å². The molecule has 0 saturated carbocycles. The second-order valence-electron chi connectivity index (χ2n) is 3.88. The number of hydrogen-bond acceptors (Lipinski definition) is 5. The third kappa shape index (κ3) is 1.93. The van der Waals surface area contributed by atoms with Crippen molar-refractivity contribution in [3.05, 3.63) is 17.7 Å². The molecule has 1 N–H and O–H groups in total. The molecule has 0 spiro atoms. The zero-order chi connectivity index (χ0) is 11.5. The van der Waals surface area contributed by atoms with E-state index in [-0.39, 0.29) is 0 Å². The van der Waals surface area contributed by atoms with Gasteiger partial charge in [0.05, 0.1) is 11.8 Å². The molecule has 0 aliphatic rings. The number of H-pyrrole nitrogens is 1. The lowest BCUT2D eigenvalue weighted by molar-refractivity contribution is 0.417. The summed E-state index contributed by atoms with van der Waals surface area (Å²) < 4.78 is 5.08. The van der Waals surface area contributed by atoms with Crippen molar-refractivity contribution in [3.8, 4) is 17.5 Å². The molecule has 0 amide bonds. The Bertz CT molecular complexity index is 519. The van der Waals surface area contributed by atoms with Gasteiger partial charge in [-0.05, 0) is 5.92 Å². The van der Waals surface area contributed by atoms with Crippen LogP contribution in [-0.4, -0.2) is 20.3 Å². The van der Waals surface area contributed by atoms with Crippen LogP contribution in [0.5, 0.6) is 0 Å². The third-order valence-corrected chi connectivity index (χ3v) is 2.04. The number of hydrogen-bond donors (Lipinski definition) is 1. The summed E-state index contributed by atoms with van der Waals surface area (Å²) in [5, 5.41) is 19.0. The smallest absolute Gasteiger partial charge is 0.262 e. The van der Waals surface area contributed by atoms with Gasteiger partial charge in [0.1, 0.15) is 11.8 Å². The normalized spacial score (nSPS) is 10.6. The monoisotopic (exact) mass is 217 g/mol. The Morgan fingerprint density at radius 3 is 3.06 bits per heavy atom. The summed E-state index contributed by atoms with van der Waals surface area (Å²) in [6, 6.07) is 1.98. The van der Waals surface area contributed by atoms with Gasteiger partial charge in [0.25, 0.3) is 5.89 Å². The van der Waals surface area contributed by atoms with E-state index in [1.807, 2.05) is 6.07 Å². The van der Waals surface area contributed by atoms with Crippen LogP contribution in [0.15, 0.2) is 10.7 Å². The van der Waals surface area contributed by atoms with Crippen LogP contribution in [0.25, 0.3) is 11.5 Å². The molecule has 82 valence electrons. The molecule has 0 fully saturated rings. The van der Waals surface area contributed by atoms with Gasteiger partial charge in [-0.2, -0.15) is 15.3 Å². The van der Waals surface area contributed by atoms with Crippen LogP contribution in [0.2, 0.25) is 0 Å². The molecule has 0 aromatic carbocycles. The fourth-order valence-corrected chi connectivity index (χ4v) is 1.34. The molecule has 2 rings (SSSR count). The number of rotatable bonds is 3. The van der Waals surface area contributed by atoms with Gasteiger partial charge < -0.3 is 4.52 Å². The molecule has 6 heteroatoms. The molecule has 0 bridgehead atoms. The van der Waals surface area contributed by atoms with Crippen molar-refractivity contribution >= 4 is 0 Å². The summed E-state index contributed by atoms with van der Waals surface area (Å²) in [5.74, 6) is 1.45. The summed E-state index contributed by atoms with van der Waals surface area (Å²) in [5.41, 5.74) is 0.879. The molecule has 0 radical (unpaired) electrons. The maximum absolute atomic E-state index is 8.81. The fraction of sp³-hybridized carbons (Fsp3) is 0.400. The number of aromatic nitrogens is 4. The van der Waals surface area contributed by atoms with E-state index in [4.69, 9.17) is 9.78 Å². The summed E-state index contributed by atoms with van der Waals surface area (Å²) in [6.07, 6.45) is 2.26. The zero-order valence-electron chi connectivity index (χ0n) is 9.06. The Morgan fingerprint density at radius 1 is 1.56 bits per heavy atom. The van der Waals surface area contributed by atoms with E-state index in [0.717, 1.165) is 6.42 Å². The summed E-state index contributed by atoms with van der Waals surface area (Å²) in [4.78, 5) is 4.21. The average molecular weight is 217 g/mol. The highest BCUT2D eigenvalue weighted by Gasteiger charge is 2.15. The lowest BCUT2D eigenvalue weighted by atomic mass is 10.1. The molecule has 0 saturated heterocycles. The summed E-state index contributed by atoms with van der Waals surface area (Å²) in [6.45, 7) is 4.16. The van der Waals surface area contributed by atoms with Crippen LogP contribution in [-0.2, 0) is 6.42 Å². The van der Waals surface area contributed by atoms with Gasteiger partial charge in [-0.25, -0.2) is 0 Å². The largest absolute Gasteiger partial charge is 0.334 e. The minimum Gasteiger partial charge on any atom is -0.334 e. The van der Waals surface area contributed by atoms with Crippen LogP contribution < -0.4 is 0 Å². The van der Waals surface area contributed by atoms with E-state index in [2.05, 4.69) is 34.2 Å². The SMILES string of the molecule is CC(C)Cc1noc(-c2cn[nH]c2C#N)n1. The molecular formula is C10H11N5O. The lowest BCUT2D eigenvalue weighted by Crippen LogP contribution is -1.95. The highest BCUT2D eigenvalue weighted by molar-refractivity contribution is 5.58. The highest BCUT2D eigenvalue weighted by atomic mass is 16.5. The molecule has 6 nitrogen and oxygen atoms in total. The van der Waals surface area contributed by atoms with E-state index in [9.17, 15) is 0 Å². The molecule has 0 unspecified atom stereocenters. The van der Waals surface area contributed by atoms with Crippen molar-refractivity contribution in [2.24, 2.45) is 5.92 Å². The fourth-order valence-electron chi connectivity index (χ4n) is 1.34. The van der Waals surface area contributed by atoms with Gasteiger partial charge in [0.15, 0.2) is 5.82 Å². The molecule has 0 aliphatic heterocycles. The number of nitriles is 1. The van der Waals surface area contributed by atoms with E-state index >= 15 is 0 Å². The molecule has 0 atom stereocenters. The van der Waals surface area contributed by atoms with Crippen molar-refractivity contribution < 1.29 is 4.52 Å². The van der Waals surface area contributed by atoms with Gasteiger partial charge in [0, 0.05) is 6.42 Å². The molecule has 2 aromatic heterocycles. The van der Waals surface area contributed by atoms with E-state index in [0.29, 0.717) is 28.9 Å². The first kappa shape index (κ1) is 10.4. The topological polar surface area (TPSA) is 91.4 Å². The Kier molecular flexibility index (Phi) is 2.68. The second kappa shape index (κ2) is 4.14. The summed E-state index contributed by atoms with van der Waals surface area (Å²) in [7, 11) is 0. The molecular weight excluding hydrogens is 206 g/mol. The quantitative estimate of drug-likeness (QED) is 0.841. The van der Waals surface area contributed by atoms with Crippen molar-refractivity contribution in [1.29, 1.82) is 5.26 Å². The maximum atomic E-state index is 8.81. The first-order valence-corrected chi connectivity index (χ1v) is 4.97. The van der Waals surface area contributed by atoms with Crippen LogP contribution >= 0.6 is 0 Å². The minimum absolute atomic E-state index is 0.333. The first-order chi connectivity index (χ1) is 7.70. The van der Waals surface area contributed by atoms with Gasteiger partial charge in [-0.15, -0.1) is 0 Å². The standard InChI is InChI=1S/C10H11N5O/c1-6(2)3-9-13-10(16-15-9)7-5-12-14-8(7)4-11/h5-6H,3H2,1-2H3,(H,12,14). The van der Waals surface area contributed by atoms with Crippen molar-refractivity contribution in [2.45, 2.75) is 20.3 Å². The third-order valence-electron chi connectivity index (χ3n) is 2.04. The highest BCUT2D eigenvalue weighted by Crippen LogP contribution is 2.19. The van der Waals surface area contributed by atoms with Gasteiger partial charge in [0.2, 0.25) is 0 Å². The van der Waals surface area contributed by atoms with Gasteiger partial charge >= 0.3 is 0 Å². The second-order valence-corrected chi connectivity index (χ2v) is 3.88. The Balaban J connectivity index is 2.29. The van der Waals surface area contributed by atoms with Crippen molar-refractivity contribution in [3.63, 3.8) is 0 Å². The molecule has 2 aromatic rings. The predicted octanol–water partition coefficient (Wildman–Crippen LogP) is 1.53. The first-order valence-electron chi connectivity index (χ1n) is 4.97. The summed E-state index contributed by atoms with van der Waals surface area (Å²) >= 11 is 0.